The molecule has 1 rings (SSSR count). The number of aryl methyl sites for hydroxylation is 1. The molecule has 0 spiro atoms. The van der Waals surface area contributed by atoms with Crippen LogP contribution in [0.15, 0.2) is 35.5 Å². The van der Waals surface area contributed by atoms with Gasteiger partial charge >= 0.3 is 5.97 Å². The van der Waals surface area contributed by atoms with E-state index in [1.165, 1.54) is 5.56 Å². The molecule has 0 atom stereocenters. The first-order valence-corrected chi connectivity index (χ1v) is 6.09. The van der Waals surface area contributed by atoms with Crippen LogP contribution >= 0.6 is 0 Å². The quantitative estimate of drug-likeness (QED) is 0.365. The fourth-order valence-electron chi connectivity index (χ4n) is 1.58. The minimum absolute atomic E-state index is 0.0830. The maximum Gasteiger partial charge on any atom is 0.356 e. The number of ether oxygens (including phenoxy) is 1. The van der Waals surface area contributed by atoms with Gasteiger partial charge in [0.25, 0.3) is 0 Å². The highest BCUT2D eigenvalue weighted by Crippen LogP contribution is 2.06. The second-order valence-corrected chi connectivity index (χ2v) is 4.34. The number of oxime groups is 1. The lowest BCUT2D eigenvalue weighted by molar-refractivity contribution is -0.139. The molecule has 0 saturated carbocycles. The number of benzene rings is 1. The molecule has 1 aromatic rings. The standard InChI is InChI=1S/C14H19NO3/c1-11(2)18-14(16)13(15-17)10-6-9-12-7-4-3-5-8-12/h3-5,7-8,11,17H,6,9-10H2,1-2H3. The number of esters is 1. The summed E-state index contributed by atoms with van der Waals surface area (Å²) in [5, 5.41) is 11.8. The Labute approximate surface area is 107 Å². The zero-order chi connectivity index (χ0) is 13.4. The van der Waals surface area contributed by atoms with Crippen molar-refractivity contribution in [3.63, 3.8) is 0 Å². The van der Waals surface area contributed by atoms with Crippen LogP contribution < -0.4 is 0 Å². The number of hydrogen-bond donors (Lipinski definition) is 1. The summed E-state index contributed by atoms with van der Waals surface area (Å²) in [5.41, 5.74) is 1.28. The van der Waals surface area contributed by atoms with Gasteiger partial charge in [0.05, 0.1) is 6.10 Å². The SMILES string of the molecule is CC(C)OC(=O)C(CCCc1ccccc1)=NO. The van der Waals surface area contributed by atoms with Crippen molar-refractivity contribution in [2.75, 3.05) is 0 Å². The van der Waals surface area contributed by atoms with Crippen molar-refractivity contribution in [3.8, 4) is 0 Å². The van der Waals surface area contributed by atoms with Crippen LogP contribution in [0.1, 0.15) is 32.3 Å². The van der Waals surface area contributed by atoms with Crippen LogP contribution in [0.4, 0.5) is 0 Å². The Bertz CT molecular complexity index is 399. The number of carbonyl (C=O) groups excluding carboxylic acids is 1. The van der Waals surface area contributed by atoms with E-state index < -0.39 is 5.97 Å². The molecule has 18 heavy (non-hydrogen) atoms. The molecule has 0 aliphatic heterocycles. The summed E-state index contributed by atoms with van der Waals surface area (Å²) in [5.74, 6) is -0.541. The van der Waals surface area contributed by atoms with Gasteiger partial charge in [-0.25, -0.2) is 4.79 Å². The molecule has 0 aromatic heterocycles. The molecule has 1 N–H and O–H groups in total. The summed E-state index contributed by atoms with van der Waals surface area (Å²) in [4.78, 5) is 11.5. The fraction of sp³-hybridized carbons (Fsp3) is 0.429. The lowest BCUT2D eigenvalue weighted by Gasteiger charge is -2.08. The molecule has 0 unspecified atom stereocenters. The molecule has 0 amide bonds. The summed E-state index contributed by atoms with van der Waals surface area (Å²) in [7, 11) is 0. The van der Waals surface area contributed by atoms with Crippen LogP contribution in [0.3, 0.4) is 0 Å². The highest BCUT2D eigenvalue weighted by Gasteiger charge is 2.14. The molecule has 4 nitrogen and oxygen atoms in total. The molecule has 0 radical (unpaired) electrons. The van der Waals surface area contributed by atoms with E-state index in [-0.39, 0.29) is 11.8 Å². The third-order valence-electron chi connectivity index (χ3n) is 2.42. The van der Waals surface area contributed by atoms with E-state index >= 15 is 0 Å². The summed E-state index contributed by atoms with van der Waals surface area (Å²) in [6.07, 6.45) is 1.80. The average molecular weight is 249 g/mol. The first-order valence-electron chi connectivity index (χ1n) is 6.09. The lowest BCUT2D eigenvalue weighted by Crippen LogP contribution is -2.21. The molecule has 0 aliphatic rings. The van der Waals surface area contributed by atoms with Crippen molar-refractivity contribution in [1.82, 2.24) is 0 Å². The monoisotopic (exact) mass is 249 g/mol. The van der Waals surface area contributed by atoms with Gasteiger partial charge in [-0.15, -0.1) is 0 Å². The summed E-state index contributed by atoms with van der Waals surface area (Å²) in [6, 6.07) is 9.97. The second kappa shape index (κ2) is 7.48. The third kappa shape index (κ3) is 4.99. The molecule has 4 heteroatoms. The molecular weight excluding hydrogens is 230 g/mol. The van der Waals surface area contributed by atoms with Crippen molar-refractivity contribution in [1.29, 1.82) is 0 Å². The first-order chi connectivity index (χ1) is 8.63. The van der Waals surface area contributed by atoms with E-state index in [2.05, 4.69) is 5.16 Å². The Balaban J connectivity index is 2.39. The first kappa shape index (κ1) is 14.2. The molecule has 98 valence electrons. The van der Waals surface area contributed by atoms with E-state index in [1.807, 2.05) is 30.3 Å². The Morgan fingerprint density at radius 1 is 1.33 bits per heavy atom. The maximum absolute atomic E-state index is 11.5. The van der Waals surface area contributed by atoms with E-state index in [4.69, 9.17) is 9.94 Å². The minimum atomic E-state index is -0.541. The second-order valence-electron chi connectivity index (χ2n) is 4.34. The van der Waals surface area contributed by atoms with Gasteiger partial charge in [0, 0.05) is 6.42 Å². The lowest BCUT2D eigenvalue weighted by atomic mass is 10.1. The Kier molecular flexibility index (Phi) is 5.91. The van der Waals surface area contributed by atoms with Crippen molar-refractivity contribution >= 4 is 11.7 Å². The van der Waals surface area contributed by atoms with E-state index in [1.54, 1.807) is 13.8 Å². The number of nitrogens with zero attached hydrogens (tertiary/aromatic N) is 1. The van der Waals surface area contributed by atoms with Gasteiger partial charge in [0.1, 0.15) is 0 Å². The minimum Gasteiger partial charge on any atom is -0.458 e. The normalized spacial score (nSPS) is 11.6. The van der Waals surface area contributed by atoms with Gasteiger partial charge in [0.2, 0.25) is 0 Å². The van der Waals surface area contributed by atoms with Gasteiger partial charge in [0.15, 0.2) is 5.71 Å². The van der Waals surface area contributed by atoms with Crippen LogP contribution in [0.5, 0.6) is 0 Å². The number of carbonyl (C=O) groups is 1. The Morgan fingerprint density at radius 3 is 2.56 bits per heavy atom. The maximum atomic E-state index is 11.5. The predicted octanol–water partition coefficient (Wildman–Crippen LogP) is 2.79. The van der Waals surface area contributed by atoms with Crippen molar-refractivity contribution in [3.05, 3.63) is 35.9 Å². The van der Waals surface area contributed by atoms with E-state index in [9.17, 15) is 4.79 Å². The molecule has 0 aliphatic carbocycles. The molecular formula is C14H19NO3. The summed E-state index contributed by atoms with van der Waals surface area (Å²) < 4.78 is 4.98. The van der Waals surface area contributed by atoms with Crippen LogP contribution in [0.2, 0.25) is 0 Å². The van der Waals surface area contributed by atoms with Crippen LogP contribution in [0.25, 0.3) is 0 Å². The van der Waals surface area contributed by atoms with Gasteiger partial charge in [-0.05, 0) is 32.3 Å². The average Bonchev–Trinajstić information content (AvgIpc) is 2.35. The molecule has 1 aromatic carbocycles. The van der Waals surface area contributed by atoms with Gasteiger partial charge in [-0.1, -0.05) is 35.5 Å². The zero-order valence-corrected chi connectivity index (χ0v) is 10.8. The highest BCUT2D eigenvalue weighted by atomic mass is 16.5. The van der Waals surface area contributed by atoms with Crippen LogP contribution in [0, 0.1) is 0 Å². The van der Waals surface area contributed by atoms with E-state index in [0.717, 1.165) is 12.8 Å². The summed E-state index contributed by atoms with van der Waals surface area (Å²) >= 11 is 0. The zero-order valence-electron chi connectivity index (χ0n) is 10.8. The molecule has 0 bridgehead atoms. The molecule has 0 fully saturated rings. The van der Waals surface area contributed by atoms with Crippen molar-refractivity contribution in [2.45, 2.75) is 39.2 Å². The highest BCUT2D eigenvalue weighted by molar-refractivity contribution is 6.36. The van der Waals surface area contributed by atoms with Crippen LogP contribution in [-0.4, -0.2) is 23.0 Å². The number of hydrogen-bond acceptors (Lipinski definition) is 4. The topological polar surface area (TPSA) is 58.9 Å². The van der Waals surface area contributed by atoms with Crippen molar-refractivity contribution in [2.24, 2.45) is 5.16 Å². The summed E-state index contributed by atoms with van der Waals surface area (Å²) in [6.45, 7) is 3.52. The largest absolute Gasteiger partial charge is 0.458 e. The Hall–Kier alpha value is -1.84. The molecule has 0 heterocycles. The van der Waals surface area contributed by atoms with Gasteiger partial charge in [-0.2, -0.15) is 0 Å². The van der Waals surface area contributed by atoms with Crippen molar-refractivity contribution < 1.29 is 14.7 Å². The smallest absolute Gasteiger partial charge is 0.356 e. The fourth-order valence-corrected chi connectivity index (χ4v) is 1.58. The predicted molar refractivity (Wildman–Crippen MR) is 69.8 cm³/mol. The van der Waals surface area contributed by atoms with E-state index in [0.29, 0.717) is 6.42 Å². The number of rotatable bonds is 6. The Morgan fingerprint density at radius 2 is 2.00 bits per heavy atom. The van der Waals surface area contributed by atoms with Gasteiger partial charge in [-0.3, -0.25) is 0 Å². The van der Waals surface area contributed by atoms with Crippen LogP contribution in [-0.2, 0) is 16.0 Å². The third-order valence-corrected chi connectivity index (χ3v) is 2.42. The van der Waals surface area contributed by atoms with Gasteiger partial charge < -0.3 is 9.94 Å². The molecule has 0 saturated heterocycles.